The molecule has 0 spiro atoms. The zero-order valence-electron chi connectivity index (χ0n) is 19.9. The Hall–Kier alpha value is -3.56. The van der Waals surface area contributed by atoms with Crippen LogP contribution in [0.25, 0.3) is 0 Å². The molecule has 2 heterocycles. The van der Waals surface area contributed by atoms with Crippen LogP contribution in [0, 0.1) is 5.82 Å². The Morgan fingerprint density at radius 2 is 1.86 bits per heavy atom. The van der Waals surface area contributed by atoms with E-state index in [1.165, 1.54) is 37.2 Å². The molecule has 1 saturated heterocycles. The van der Waals surface area contributed by atoms with E-state index >= 15 is 0 Å². The molecule has 9 heteroatoms. The minimum absolute atomic E-state index is 0.00895. The quantitative estimate of drug-likeness (QED) is 0.428. The topological polar surface area (TPSA) is 85.8 Å². The molecule has 2 aromatic carbocycles. The molecule has 184 valence electrons. The van der Waals surface area contributed by atoms with E-state index in [0.717, 1.165) is 38.5 Å². The summed E-state index contributed by atoms with van der Waals surface area (Å²) in [6, 6.07) is 11.0. The molecule has 3 aromatic rings. The predicted octanol–water partition coefficient (Wildman–Crippen LogP) is 4.37. The van der Waals surface area contributed by atoms with Gasteiger partial charge in [0, 0.05) is 42.9 Å². The number of hydrogen-bond acceptors (Lipinski definition) is 8. The lowest BCUT2D eigenvalue weighted by atomic mass is 10.0. The first kappa shape index (κ1) is 24.6. The zero-order chi connectivity index (χ0) is 24.6. The van der Waals surface area contributed by atoms with Gasteiger partial charge in [-0.2, -0.15) is 0 Å². The molecule has 8 nitrogen and oxygen atoms in total. The minimum atomic E-state index is -0.559. The van der Waals surface area contributed by atoms with Crippen molar-refractivity contribution in [3.8, 4) is 11.5 Å². The molecule has 1 aromatic heterocycles. The summed E-state index contributed by atoms with van der Waals surface area (Å²) in [5.41, 5.74) is 2.71. The number of nitrogens with zero attached hydrogens (tertiary/aromatic N) is 3. The molecule has 35 heavy (non-hydrogen) atoms. The number of hydrogen-bond donors (Lipinski definition) is 1. The Morgan fingerprint density at radius 1 is 1.14 bits per heavy atom. The maximum atomic E-state index is 14.6. The number of anilines is 2. The van der Waals surface area contributed by atoms with Crippen LogP contribution in [0.4, 0.5) is 16.0 Å². The number of Topliss-reactive ketones (excluding diaryl/α,β-unsaturated/α-hetero) is 1. The summed E-state index contributed by atoms with van der Waals surface area (Å²) < 4.78 is 30.7. The number of carbonyl (C=O) groups excluding carboxylic acids is 1. The summed E-state index contributed by atoms with van der Waals surface area (Å²) in [6.45, 7) is 6.02. The standard InChI is InChI=1S/C26H29FN4O4/c1-3-23(32)19-12-20(25(27)24(13-19)33-2)17-35-22-14-28-26(29-15-22)30-21-6-4-18(5-7-21)16-31-8-10-34-11-9-31/h4-7,12-15H,3,8-11,16-17H2,1-2H3,(H,28,29,30). The highest BCUT2D eigenvalue weighted by Gasteiger charge is 2.16. The SMILES string of the molecule is CCC(=O)c1cc(COc2cnc(Nc3ccc(CN4CCOCC4)cc3)nc2)c(F)c(OC)c1. The van der Waals surface area contributed by atoms with E-state index in [2.05, 4.69) is 32.3 Å². The zero-order valence-corrected chi connectivity index (χ0v) is 19.9. The Balaban J connectivity index is 1.34. The summed E-state index contributed by atoms with van der Waals surface area (Å²) in [4.78, 5) is 23.0. The third-order valence-corrected chi connectivity index (χ3v) is 5.72. The predicted molar refractivity (Wildman–Crippen MR) is 130 cm³/mol. The fourth-order valence-electron chi connectivity index (χ4n) is 3.73. The first-order valence-electron chi connectivity index (χ1n) is 11.6. The lowest BCUT2D eigenvalue weighted by Gasteiger charge is -2.26. The van der Waals surface area contributed by atoms with Gasteiger partial charge in [-0.25, -0.2) is 14.4 Å². The fraction of sp³-hybridized carbons (Fsp3) is 0.346. The molecular weight excluding hydrogens is 451 g/mol. The van der Waals surface area contributed by atoms with Gasteiger partial charge in [0.25, 0.3) is 0 Å². The van der Waals surface area contributed by atoms with Gasteiger partial charge in [0.15, 0.2) is 23.1 Å². The summed E-state index contributed by atoms with van der Waals surface area (Å²) in [6.07, 6.45) is 3.34. The van der Waals surface area contributed by atoms with Crippen molar-refractivity contribution in [1.82, 2.24) is 14.9 Å². The van der Waals surface area contributed by atoms with Crippen molar-refractivity contribution in [3.63, 3.8) is 0 Å². The first-order valence-corrected chi connectivity index (χ1v) is 11.6. The number of benzene rings is 2. The van der Waals surface area contributed by atoms with Gasteiger partial charge in [-0.3, -0.25) is 9.69 Å². The van der Waals surface area contributed by atoms with Crippen molar-refractivity contribution in [2.45, 2.75) is 26.5 Å². The number of methoxy groups -OCH3 is 1. The van der Waals surface area contributed by atoms with Crippen molar-refractivity contribution in [3.05, 3.63) is 71.3 Å². The number of carbonyl (C=O) groups is 1. The number of aromatic nitrogens is 2. The highest BCUT2D eigenvalue weighted by molar-refractivity contribution is 5.96. The average molecular weight is 481 g/mol. The minimum Gasteiger partial charge on any atom is -0.494 e. The first-order chi connectivity index (χ1) is 17.1. The van der Waals surface area contributed by atoms with E-state index in [-0.39, 0.29) is 23.7 Å². The van der Waals surface area contributed by atoms with E-state index in [4.69, 9.17) is 14.2 Å². The van der Waals surface area contributed by atoms with Crippen molar-refractivity contribution in [1.29, 1.82) is 0 Å². The molecule has 1 fully saturated rings. The van der Waals surface area contributed by atoms with Crippen LogP contribution < -0.4 is 14.8 Å². The smallest absolute Gasteiger partial charge is 0.227 e. The second-order valence-electron chi connectivity index (χ2n) is 8.17. The van der Waals surface area contributed by atoms with Gasteiger partial charge in [0.1, 0.15) is 6.61 Å². The molecule has 0 unspecified atom stereocenters. The number of ketones is 1. The Bertz CT molecular complexity index is 1130. The number of ether oxygens (including phenoxy) is 3. The summed E-state index contributed by atoms with van der Waals surface area (Å²) in [5, 5.41) is 3.16. The third-order valence-electron chi connectivity index (χ3n) is 5.72. The van der Waals surface area contributed by atoms with Crippen LogP contribution in [0.5, 0.6) is 11.5 Å². The van der Waals surface area contributed by atoms with E-state index < -0.39 is 5.82 Å². The molecule has 1 N–H and O–H groups in total. The molecule has 1 aliphatic rings. The second-order valence-corrected chi connectivity index (χ2v) is 8.17. The van der Waals surface area contributed by atoms with E-state index in [0.29, 0.717) is 23.7 Å². The largest absolute Gasteiger partial charge is 0.494 e. The van der Waals surface area contributed by atoms with Gasteiger partial charge < -0.3 is 19.5 Å². The summed E-state index contributed by atoms with van der Waals surface area (Å²) in [5.74, 6) is 0.146. The lowest BCUT2D eigenvalue weighted by Crippen LogP contribution is -2.35. The van der Waals surface area contributed by atoms with Crippen molar-refractivity contribution >= 4 is 17.4 Å². The molecule has 0 radical (unpaired) electrons. The maximum Gasteiger partial charge on any atom is 0.227 e. The average Bonchev–Trinajstić information content (AvgIpc) is 2.90. The van der Waals surface area contributed by atoms with Crippen LogP contribution >= 0.6 is 0 Å². The van der Waals surface area contributed by atoms with Crippen LogP contribution in [-0.2, 0) is 17.9 Å². The van der Waals surface area contributed by atoms with Crippen molar-refractivity contribution < 1.29 is 23.4 Å². The van der Waals surface area contributed by atoms with Crippen LogP contribution in [0.2, 0.25) is 0 Å². The van der Waals surface area contributed by atoms with Gasteiger partial charge in [-0.05, 0) is 29.8 Å². The fourth-order valence-corrected chi connectivity index (χ4v) is 3.73. The van der Waals surface area contributed by atoms with Crippen LogP contribution in [0.3, 0.4) is 0 Å². The highest BCUT2D eigenvalue weighted by atomic mass is 19.1. The summed E-state index contributed by atoms with van der Waals surface area (Å²) in [7, 11) is 1.36. The lowest BCUT2D eigenvalue weighted by molar-refractivity contribution is 0.0342. The van der Waals surface area contributed by atoms with Crippen molar-refractivity contribution in [2.24, 2.45) is 0 Å². The molecular formula is C26H29FN4O4. The Labute approximate surface area is 204 Å². The molecule has 0 bridgehead atoms. The normalized spacial score (nSPS) is 13.9. The molecule has 0 aliphatic carbocycles. The number of halogens is 1. The van der Waals surface area contributed by atoms with Crippen LogP contribution in [0.15, 0.2) is 48.8 Å². The Kier molecular flexibility index (Phi) is 8.23. The van der Waals surface area contributed by atoms with Gasteiger partial charge in [-0.15, -0.1) is 0 Å². The number of nitrogens with one attached hydrogen (secondary N) is 1. The van der Waals surface area contributed by atoms with E-state index in [1.807, 2.05) is 12.1 Å². The molecule has 1 aliphatic heterocycles. The molecule has 0 amide bonds. The van der Waals surface area contributed by atoms with Crippen LogP contribution in [0.1, 0.15) is 34.8 Å². The van der Waals surface area contributed by atoms with Gasteiger partial charge in [0.05, 0.1) is 32.7 Å². The van der Waals surface area contributed by atoms with Gasteiger partial charge >= 0.3 is 0 Å². The highest BCUT2D eigenvalue weighted by Crippen LogP contribution is 2.25. The summed E-state index contributed by atoms with van der Waals surface area (Å²) >= 11 is 0. The number of morpholine rings is 1. The molecule has 4 rings (SSSR count). The second kappa shape index (κ2) is 11.7. The van der Waals surface area contributed by atoms with Gasteiger partial charge in [0.2, 0.25) is 5.95 Å². The maximum absolute atomic E-state index is 14.6. The molecule has 0 saturated carbocycles. The number of rotatable bonds is 10. The van der Waals surface area contributed by atoms with Crippen LogP contribution in [-0.4, -0.2) is 54.1 Å². The third kappa shape index (κ3) is 6.52. The van der Waals surface area contributed by atoms with Gasteiger partial charge in [-0.1, -0.05) is 19.1 Å². The van der Waals surface area contributed by atoms with Crippen molar-refractivity contribution in [2.75, 3.05) is 38.7 Å². The van der Waals surface area contributed by atoms with E-state index in [1.54, 1.807) is 6.92 Å². The molecule has 0 atom stereocenters. The monoisotopic (exact) mass is 480 g/mol. The Morgan fingerprint density at radius 3 is 2.51 bits per heavy atom. The van der Waals surface area contributed by atoms with E-state index in [9.17, 15) is 9.18 Å².